The van der Waals surface area contributed by atoms with Crippen molar-refractivity contribution < 1.29 is 19.0 Å². The highest BCUT2D eigenvalue weighted by molar-refractivity contribution is 5.99. The molecule has 2 aromatic carbocycles. The molecule has 0 aliphatic heterocycles. The number of aromatic amines is 1. The van der Waals surface area contributed by atoms with Crippen LogP contribution in [0.1, 0.15) is 55.8 Å². The van der Waals surface area contributed by atoms with Crippen molar-refractivity contribution in [2.75, 3.05) is 13.7 Å². The molecule has 1 aliphatic carbocycles. The fourth-order valence-electron chi connectivity index (χ4n) is 5.76. The first-order chi connectivity index (χ1) is 16.2. The number of aromatic nitrogens is 3. The van der Waals surface area contributed by atoms with Gasteiger partial charge in [0.2, 0.25) is 0 Å². The number of fused-ring (bicyclic) bond motifs is 2. The molecule has 2 atom stereocenters. The molecule has 0 saturated heterocycles. The number of H-pyrrole nitrogens is 1. The van der Waals surface area contributed by atoms with Gasteiger partial charge in [-0.25, -0.2) is 4.39 Å². The molecular formula is C27H30FN3O3. The van der Waals surface area contributed by atoms with E-state index in [-0.39, 0.29) is 23.1 Å². The van der Waals surface area contributed by atoms with Gasteiger partial charge in [0.05, 0.1) is 29.8 Å². The number of halogens is 1. The summed E-state index contributed by atoms with van der Waals surface area (Å²) in [5.41, 5.74) is 5.28. The van der Waals surface area contributed by atoms with Crippen LogP contribution < -0.4 is 0 Å². The molecular weight excluding hydrogens is 433 g/mol. The van der Waals surface area contributed by atoms with Crippen molar-refractivity contribution in [2.45, 2.75) is 51.4 Å². The summed E-state index contributed by atoms with van der Waals surface area (Å²) in [6.45, 7) is 6.56. The minimum absolute atomic E-state index is 0.109. The molecule has 1 fully saturated rings. The Kier molecular flexibility index (Phi) is 5.47. The number of methoxy groups -OCH3 is 1. The van der Waals surface area contributed by atoms with Gasteiger partial charge in [0.25, 0.3) is 0 Å². The standard InChI is InChI=1S/C27H30FN3O3/c1-15-9-19(7-8-21(15)28)31-23-11-18-13-29-30-22(18)12-20(23)24(25(31)27(2,3)14-34-4)16-5-6-17(10-16)26(32)33/h7-9,11-13,16-17H,5-6,10,14H2,1-4H3,(H,29,30)(H,32,33)/t16-,17-/m1/s1. The van der Waals surface area contributed by atoms with Gasteiger partial charge in [-0.05, 0) is 73.6 Å². The number of benzene rings is 2. The number of hydrogen-bond donors (Lipinski definition) is 2. The maximum Gasteiger partial charge on any atom is 0.306 e. The molecule has 1 aliphatic rings. The number of aryl methyl sites for hydroxylation is 1. The number of aliphatic carboxylic acids is 1. The number of carboxylic acid groups (broad SMARTS) is 1. The Hall–Kier alpha value is -3.19. The molecule has 0 radical (unpaired) electrons. The number of ether oxygens (including phenoxy) is 1. The van der Waals surface area contributed by atoms with Crippen molar-refractivity contribution >= 4 is 27.8 Å². The number of nitrogens with one attached hydrogen (secondary N) is 1. The van der Waals surface area contributed by atoms with E-state index in [1.54, 1.807) is 20.2 Å². The van der Waals surface area contributed by atoms with Crippen LogP contribution in [-0.2, 0) is 14.9 Å². The summed E-state index contributed by atoms with van der Waals surface area (Å²) in [5.74, 6) is -1.20. The van der Waals surface area contributed by atoms with Crippen molar-refractivity contribution in [1.82, 2.24) is 14.8 Å². The minimum Gasteiger partial charge on any atom is -0.481 e. The molecule has 2 aromatic heterocycles. The fraction of sp³-hybridized carbons (Fsp3) is 0.407. The van der Waals surface area contributed by atoms with Gasteiger partial charge in [0.15, 0.2) is 0 Å². The van der Waals surface area contributed by atoms with Gasteiger partial charge in [-0.2, -0.15) is 5.10 Å². The lowest BCUT2D eigenvalue weighted by molar-refractivity contribution is -0.141. The number of carboxylic acids is 1. The summed E-state index contributed by atoms with van der Waals surface area (Å²) in [5, 5.41) is 19.0. The van der Waals surface area contributed by atoms with Gasteiger partial charge < -0.3 is 14.4 Å². The van der Waals surface area contributed by atoms with Gasteiger partial charge in [-0.3, -0.25) is 9.89 Å². The SMILES string of the molecule is COCC(C)(C)c1c([C@@H]2CC[C@@H](C(=O)O)C2)c2cc3[nH]ncc3cc2n1-c1ccc(F)c(C)c1. The summed E-state index contributed by atoms with van der Waals surface area (Å²) in [6.07, 6.45) is 3.89. The van der Waals surface area contributed by atoms with Crippen LogP contribution >= 0.6 is 0 Å². The fourth-order valence-corrected chi connectivity index (χ4v) is 5.76. The smallest absolute Gasteiger partial charge is 0.306 e. The second-order valence-electron chi connectivity index (χ2n) is 10.2. The number of hydrogen-bond acceptors (Lipinski definition) is 3. The van der Waals surface area contributed by atoms with E-state index < -0.39 is 5.97 Å². The van der Waals surface area contributed by atoms with Gasteiger partial charge in [-0.15, -0.1) is 0 Å². The van der Waals surface area contributed by atoms with Gasteiger partial charge >= 0.3 is 5.97 Å². The highest BCUT2D eigenvalue weighted by Gasteiger charge is 2.39. The van der Waals surface area contributed by atoms with E-state index >= 15 is 0 Å². The molecule has 0 unspecified atom stereocenters. The van der Waals surface area contributed by atoms with Gasteiger partial charge in [0, 0.05) is 34.7 Å². The highest BCUT2D eigenvalue weighted by Crippen LogP contribution is 2.48. The molecule has 0 bridgehead atoms. The second-order valence-corrected chi connectivity index (χ2v) is 10.2. The van der Waals surface area contributed by atoms with E-state index in [4.69, 9.17) is 4.74 Å². The molecule has 5 rings (SSSR count). The zero-order valence-corrected chi connectivity index (χ0v) is 20.0. The van der Waals surface area contributed by atoms with E-state index in [0.717, 1.165) is 39.6 Å². The lowest BCUT2D eigenvalue weighted by Crippen LogP contribution is -2.28. The molecule has 178 valence electrons. The molecule has 0 spiro atoms. The van der Waals surface area contributed by atoms with E-state index in [9.17, 15) is 14.3 Å². The third-order valence-electron chi connectivity index (χ3n) is 7.30. The second kappa shape index (κ2) is 8.24. The summed E-state index contributed by atoms with van der Waals surface area (Å²) in [6, 6.07) is 9.44. The Morgan fingerprint density at radius 3 is 2.76 bits per heavy atom. The van der Waals surface area contributed by atoms with E-state index in [1.807, 2.05) is 12.1 Å². The maximum absolute atomic E-state index is 14.2. The topological polar surface area (TPSA) is 80.1 Å². The van der Waals surface area contributed by atoms with E-state index in [0.29, 0.717) is 25.0 Å². The van der Waals surface area contributed by atoms with Crippen LogP contribution in [0.4, 0.5) is 4.39 Å². The predicted octanol–water partition coefficient (Wildman–Crippen LogP) is 5.85. The third kappa shape index (κ3) is 3.59. The average molecular weight is 464 g/mol. The zero-order valence-electron chi connectivity index (χ0n) is 20.0. The van der Waals surface area contributed by atoms with Crippen LogP contribution in [0.3, 0.4) is 0 Å². The normalized spacial score (nSPS) is 18.9. The molecule has 2 heterocycles. The van der Waals surface area contributed by atoms with Crippen LogP contribution in [-0.4, -0.2) is 39.6 Å². The number of nitrogens with zero attached hydrogens (tertiary/aromatic N) is 2. The van der Waals surface area contributed by atoms with Crippen molar-refractivity contribution in [3.63, 3.8) is 0 Å². The number of rotatable bonds is 6. The first-order valence-corrected chi connectivity index (χ1v) is 11.7. The molecule has 0 amide bonds. The van der Waals surface area contributed by atoms with Crippen molar-refractivity contribution in [2.24, 2.45) is 5.92 Å². The summed E-state index contributed by atoms with van der Waals surface area (Å²) >= 11 is 0. The molecule has 34 heavy (non-hydrogen) atoms. The highest BCUT2D eigenvalue weighted by atomic mass is 19.1. The number of carbonyl (C=O) groups is 1. The van der Waals surface area contributed by atoms with Crippen molar-refractivity contribution in [3.8, 4) is 5.69 Å². The Balaban J connectivity index is 1.88. The van der Waals surface area contributed by atoms with Crippen molar-refractivity contribution in [1.29, 1.82) is 0 Å². The Morgan fingerprint density at radius 1 is 1.29 bits per heavy atom. The summed E-state index contributed by atoms with van der Waals surface area (Å²) in [7, 11) is 1.70. The Morgan fingerprint density at radius 2 is 2.09 bits per heavy atom. The minimum atomic E-state index is -0.728. The van der Waals surface area contributed by atoms with Crippen LogP contribution in [0.2, 0.25) is 0 Å². The largest absolute Gasteiger partial charge is 0.481 e. The lowest BCUT2D eigenvalue weighted by atomic mass is 9.82. The first-order valence-electron chi connectivity index (χ1n) is 11.7. The lowest BCUT2D eigenvalue weighted by Gasteiger charge is -2.29. The monoisotopic (exact) mass is 463 g/mol. The maximum atomic E-state index is 14.2. The van der Waals surface area contributed by atoms with E-state index in [2.05, 4.69) is 40.7 Å². The molecule has 2 N–H and O–H groups in total. The molecule has 1 saturated carbocycles. The molecule has 7 heteroatoms. The van der Waals surface area contributed by atoms with E-state index in [1.165, 1.54) is 11.6 Å². The zero-order chi connectivity index (χ0) is 24.2. The molecule has 4 aromatic rings. The summed E-state index contributed by atoms with van der Waals surface area (Å²) in [4.78, 5) is 11.8. The van der Waals surface area contributed by atoms with Crippen LogP contribution in [0.5, 0.6) is 0 Å². The van der Waals surface area contributed by atoms with Gasteiger partial charge in [-0.1, -0.05) is 13.8 Å². The summed E-state index contributed by atoms with van der Waals surface area (Å²) < 4.78 is 22.1. The quantitative estimate of drug-likeness (QED) is 0.376. The van der Waals surface area contributed by atoms with Crippen LogP contribution in [0, 0.1) is 18.7 Å². The Bertz CT molecular complexity index is 1400. The average Bonchev–Trinajstić information content (AvgIpc) is 3.50. The van der Waals surface area contributed by atoms with Crippen LogP contribution in [0.15, 0.2) is 36.5 Å². The molecule has 6 nitrogen and oxygen atoms in total. The van der Waals surface area contributed by atoms with Crippen molar-refractivity contribution in [3.05, 3.63) is 59.2 Å². The first kappa shape index (κ1) is 22.6. The van der Waals surface area contributed by atoms with Gasteiger partial charge in [0.1, 0.15) is 5.82 Å². The Labute approximate surface area is 197 Å². The predicted molar refractivity (Wildman–Crippen MR) is 130 cm³/mol. The van der Waals surface area contributed by atoms with Crippen LogP contribution in [0.25, 0.3) is 27.5 Å². The third-order valence-corrected chi connectivity index (χ3v) is 7.30.